The third-order valence-electron chi connectivity index (χ3n) is 3.50. The first-order valence-electron chi connectivity index (χ1n) is 7.23. The highest BCUT2D eigenvalue weighted by Crippen LogP contribution is 2.15. The summed E-state index contributed by atoms with van der Waals surface area (Å²) in [7, 11) is 0. The first kappa shape index (κ1) is 15.7. The molecule has 0 unspecified atom stereocenters. The van der Waals surface area contributed by atoms with E-state index in [-0.39, 0.29) is 18.0 Å². The summed E-state index contributed by atoms with van der Waals surface area (Å²) in [5.74, 6) is -0.162. The van der Waals surface area contributed by atoms with Gasteiger partial charge in [0.05, 0.1) is 17.3 Å². The number of benzene rings is 2. The van der Waals surface area contributed by atoms with Crippen LogP contribution in [0.15, 0.2) is 54.6 Å². The van der Waals surface area contributed by atoms with Crippen LogP contribution in [0.1, 0.15) is 31.0 Å². The first-order valence-corrected chi connectivity index (χ1v) is 7.23. The summed E-state index contributed by atoms with van der Waals surface area (Å²) in [5, 5.41) is 15.1. The van der Waals surface area contributed by atoms with Crippen molar-refractivity contribution >= 4 is 11.6 Å². The van der Waals surface area contributed by atoms with Gasteiger partial charge in [-0.05, 0) is 31.5 Å². The van der Waals surface area contributed by atoms with Crippen LogP contribution in [-0.4, -0.2) is 11.9 Å². The first-order chi connectivity index (χ1) is 10.6. The van der Waals surface area contributed by atoms with Crippen molar-refractivity contribution in [3.63, 3.8) is 0 Å². The van der Waals surface area contributed by atoms with Gasteiger partial charge in [0.15, 0.2) is 0 Å². The predicted octanol–water partition coefficient (Wildman–Crippen LogP) is 3.24. The fourth-order valence-electron chi connectivity index (χ4n) is 2.22. The Bertz CT molecular complexity index is 676. The summed E-state index contributed by atoms with van der Waals surface area (Å²) in [6, 6.07) is 18.7. The summed E-state index contributed by atoms with van der Waals surface area (Å²) in [5.41, 5.74) is 2.12. The molecule has 0 heterocycles. The van der Waals surface area contributed by atoms with Gasteiger partial charge in [0, 0.05) is 6.04 Å². The van der Waals surface area contributed by atoms with Crippen LogP contribution in [0.2, 0.25) is 0 Å². The Morgan fingerprint density at radius 3 is 2.36 bits per heavy atom. The Balaban J connectivity index is 1.99. The number of para-hydroxylation sites is 1. The van der Waals surface area contributed by atoms with Gasteiger partial charge in [-0.3, -0.25) is 10.1 Å². The maximum absolute atomic E-state index is 12.3. The molecule has 2 aromatic rings. The molecule has 0 aliphatic carbocycles. The van der Waals surface area contributed by atoms with Crippen LogP contribution in [0, 0.1) is 11.3 Å². The Kier molecular flexibility index (Phi) is 5.29. The Morgan fingerprint density at radius 1 is 1.05 bits per heavy atom. The smallest absolute Gasteiger partial charge is 0.241 e. The van der Waals surface area contributed by atoms with Crippen LogP contribution < -0.4 is 10.6 Å². The molecule has 0 radical (unpaired) electrons. The molecule has 0 bridgehead atoms. The van der Waals surface area contributed by atoms with E-state index in [1.807, 2.05) is 44.2 Å². The number of nitrogens with one attached hydrogen (secondary N) is 2. The van der Waals surface area contributed by atoms with E-state index in [9.17, 15) is 4.79 Å². The summed E-state index contributed by atoms with van der Waals surface area (Å²) >= 11 is 0. The van der Waals surface area contributed by atoms with Gasteiger partial charge in [0.1, 0.15) is 6.07 Å². The minimum absolute atomic E-state index is 0.0631. The largest absolute Gasteiger partial charge is 0.324 e. The molecule has 112 valence electrons. The standard InChI is InChI=1S/C18H19N3O/c1-13(15-8-4-3-5-9-15)20-14(2)18(22)21-17-11-7-6-10-16(17)12-19/h3-11,13-14,20H,1-2H3,(H,21,22)/t13-,14-/m1/s1. The molecule has 4 heteroatoms. The average Bonchev–Trinajstić information content (AvgIpc) is 2.56. The van der Waals surface area contributed by atoms with Crippen LogP contribution in [0.4, 0.5) is 5.69 Å². The Morgan fingerprint density at radius 2 is 1.68 bits per heavy atom. The van der Waals surface area contributed by atoms with Crippen molar-refractivity contribution in [3.8, 4) is 6.07 Å². The number of rotatable bonds is 5. The van der Waals surface area contributed by atoms with Crippen molar-refractivity contribution in [2.45, 2.75) is 25.9 Å². The Labute approximate surface area is 130 Å². The fraction of sp³-hybridized carbons (Fsp3) is 0.222. The number of nitriles is 1. The van der Waals surface area contributed by atoms with Gasteiger partial charge in [-0.15, -0.1) is 0 Å². The van der Waals surface area contributed by atoms with Crippen molar-refractivity contribution in [1.29, 1.82) is 5.26 Å². The topological polar surface area (TPSA) is 64.9 Å². The second-order valence-corrected chi connectivity index (χ2v) is 5.17. The minimum Gasteiger partial charge on any atom is -0.324 e. The van der Waals surface area contributed by atoms with Gasteiger partial charge in [-0.2, -0.15) is 5.26 Å². The highest BCUT2D eigenvalue weighted by Gasteiger charge is 2.17. The van der Waals surface area contributed by atoms with Gasteiger partial charge in [-0.25, -0.2) is 0 Å². The molecule has 2 N–H and O–H groups in total. The fourth-order valence-corrected chi connectivity index (χ4v) is 2.22. The molecule has 2 aromatic carbocycles. The Hall–Kier alpha value is -2.64. The average molecular weight is 293 g/mol. The van der Waals surface area contributed by atoms with E-state index in [2.05, 4.69) is 16.7 Å². The number of carbonyl (C=O) groups excluding carboxylic acids is 1. The second-order valence-electron chi connectivity index (χ2n) is 5.17. The third-order valence-corrected chi connectivity index (χ3v) is 3.50. The number of carbonyl (C=O) groups is 1. The van der Waals surface area contributed by atoms with Gasteiger partial charge >= 0.3 is 0 Å². The molecule has 2 atom stereocenters. The number of nitrogens with zero attached hydrogens (tertiary/aromatic N) is 1. The maximum atomic E-state index is 12.3. The monoisotopic (exact) mass is 293 g/mol. The molecule has 0 fully saturated rings. The van der Waals surface area contributed by atoms with E-state index in [0.29, 0.717) is 11.3 Å². The lowest BCUT2D eigenvalue weighted by Crippen LogP contribution is -2.39. The predicted molar refractivity (Wildman–Crippen MR) is 87.2 cm³/mol. The summed E-state index contributed by atoms with van der Waals surface area (Å²) in [4.78, 5) is 12.3. The molecule has 0 saturated heterocycles. The van der Waals surface area contributed by atoms with Crippen molar-refractivity contribution in [2.75, 3.05) is 5.32 Å². The van der Waals surface area contributed by atoms with Crippen molar-refractivity contribution in [1.82, 2.24) is 5.32 Å². The van der Waals surface area contributed by atoms with Gasteiger partial charge in [-0.1, -0.05) is 42.5 Å². The maximum Gasteiger partial charge on any atom is 0.241 e. The summed E-state index contributed by atoms with van der Waals surface area (Å²) in [6.07, 6.45) is 0. The SMILES string of the molecule is C[C@@H](N[C@H](C)c1ccccc1)C(=O)Nc1ccccc1C#N. The zero-order valence-electron chi connectivity index (χ0n) is 12.7. The number of hydrogen-bond acceptors (Lipinski definition) is 3. The molecule has 0 aromatic heterocycles. The summed E-state index contributed by atoms with van der Waals surface area (Å²) in [6.45, 7) is 3.83. The van der Waals surface area contributed by atoms with Crippen molar-refractivity contribution in [3.05, 3.63) is 65.7 Å². The van der Waals surface area contributed by atoms with Crippen LogP contribution in [0.5, 0.6) is 0 Å². The molecular weight excluding hydrogens is 274 g/mol. The second kappa shape index (κ2) is 7.39. The lowest BCUT2D eigenvalue weighted by molar-refractivity contribution is -0.117. The summed E-state index contributed by atoms with van der Waals surface area (Å²) < 4.78 is 0. The number of amides is 1. The van der Waals surface area contributed by atoms with E-state index >= 15 is 0 Å². The molecule has 0 spiro atoms. The molecule has 22 heavy (non-hydrogen) atoms. The lowest BCUT2D eigenvalue weighted by Gasteiger charge is -2.20. The molecule has 1 amide bonds. The van der Waals surface area contributed by atoms with Gasteiger partial charge in [0.2, 0.25) is 5.91 Å². The normalized spacial score (nSPS) is 13.0. The number of hydrogen-bond donors (Lipinski definition) is 2. The zero-order chi connectivity index (χ0) is 15.9. The van der Waals surface area contributed by atoms with E-state index in [0.717, 1.165) is 5.56 Å². The lowest BCUT2D eigenvalue weighted by atomic mass is 10.1. The van der Waals surface area contributed by atoms with Crippen molar-refractivity contribution in [2.24, 2.45) is 0 Å². The van der Waals surface area contributed by atoms with Crippen LogP contribution in [0.25, 0.3) is 0 Å². The van der Waals surface area contributed by atoms with E-state index in [1.54, 1.807) is 24.3 Å². The minimum atomic E-state index is -0.373. The van der Waals surface area contributed by atoms with Crippen LogP contribution in [-0.2, 0) is 4.79 Å². The molecule has 0 saturated carbocycles. The zero-order valence-corrected chi connectivity index (χ0v) is 12.7. The van der Waals surface area contributed by atoms with E-state index in [1.165, 1.54) is 0 Å². The molecule has 2 rings (SSSR count). The highest BCUT2D eigenvalue weighted by atomic mass is 16.2. The van der Waals surface area contributed by atoms with Crippen LogP contribution in [0.3, 0.4) is 0 Å². The van der Waals surface area contributed by atoms with Crippen LogP contribution >= 0.6 is 0 Å². The molecular formula is C18H19N3O. The highest BCUT2D eigenvalue weighted by molar-refractivity contribution is 5.95. The third kappa shape index (κ3) is 3.94. The quantitative estimate of drug-likeness (QED) is 0.889. The van der Waals surface area contributed by atoms with Gasteiger partial charge < -0.3 is 5.32 Å². The molecule has 0 aliphatic rings. The molecule has 0 aliphatic heterocycles. The van der Waals surface area contributed by atoms with Crippen molar-refractivity contribution < 1.29 is 4.79 Å². The van der Waals surface area contributed by atoms with E-state index < -0.39 is 0 Å². The number of anilines is 1. The molecule has 4 nitrogen and oxygen atoms in total. The van der Waals surface area contributed by atoms with E-state index in [4.69, 9.17) is 5.26 Å². The van der Waals surface area contributed by atoms with Gasteiger partial charge in [0.25, 0.3) is 0 Å².